The van der Waals surface area contributed by atoms with Gasteiger partial charge in [0.15, 0.2) is 11.6 Å². The number of aryl methyl sites for hydroxylation is 1. The van der Waals surface area contributed by atoms with Gasteiger partial charge in [0, 0.05) is 11.4 Å². The van der Waals surface area contributed by atoms with Crippen molar-refractivity contribution in [1.82, 2.24) is 4.90 Å². The lowest BCUT2D eigenvalue weighted by Crippen LogP contribution is -2.44. The Morgan fingerprint density at radius 2 is 1.88 bits per heavy atom. The van der Waals surface area contributed by atoms with Crippen LogP contribution in [0.1, 0.15) is 21.5 Å². The van der Waals surface area contributed by atoms with Crippen LogP contribution >= 0.6 is 11.8 Å². The average Bonchev–Trinajstić information content (AvgIpc) is 3.10. The second-order valence-electron chi connectivity index (χ2n) is 6.13. The molecule has 1 N–H and O–H groups in total. The molecule has 2 amide bonds. The molecule has 1 fully saturated rings. The lowest BCUT2D eigenvalue weighted by atomic mass is 10.1. The largest absolute Gasteiger partial charge is 0.324 e. The van der Waals surface area contributed by atoms with Crippen molar-refractivity contribution in [3.05, 3.63) is 64.7 Å². The molecular formula is C19H18F2N2O2S. The third-order valence-electron chi connectivity index (χ3n) is 4.49. The molecular weight excluding hydrogens is 358 g/mol. The summed E-state index contributed by atoms with van der Waals surface area (Å²) in [7, 11) is 0. The number of rotatable bonds is 3. The zero-order chi connectivity index (χ0) is 18.8. The van der Waals surface area contributed by atoms with Gasteiger partial charge in [-0.2, -0.15) is 0 Å². The molecule has 1 saturated heterocycles. The van der Waals surface area contributed by atoms with Gasteiger partial charge < -0.3 is 10.2 Å². The predicted octanol–water partition coefficient (Wildman–Crippen LogP) is 3.74. The molecule has 1 heterocycles. The van der Waals surface area contributed by atoms with E-state index in [1.807, 2.05) is 26.0 Å². The van der Waals surface area contributed by atoms with Gasteiger partial charge in [-0.05, 0) is 43.2 Å². The Bertz CT molecular complexity index is 873. The smallest absolute Gasteiger partial charge is 0.258 e. The number of nitrogens with zero attached hydrogens (tertiary/aromatic N) is 1. The molecule has 0 aromatic heterocycles. The number of thioether (sulfide) groups is 1. The van der Waals surface area contributed by atoms with Crippen LogP contribution in [0.2, 0.25) is 0 Å². The number of hydrogen-bond donors (Lipinski definition) is 1. The van der Waals surface area contributed by atoms with Gasteiger partial charge in [-0.25, -0.2) is 8.78 Å². The SMILES string of the molecule is Cc1cccc(NC(=O)C2CSCN2C(=O)c2cccc(F)c2F)c1C. The van der Waals surface area contributed by atoms with Gasteiger partial charge in [0.1, 0.15) is 6.04 Å². The van der Waals surface area contributed by atoms with E-state index in [9.17, 15) is 18.4 Å². The summed E-state index contributed by atoms with van der Waals surface area (Å²) in [6.45, 7) is 3.85. The fourth-order valence-electron chi connectivity index (χ4n) is 2.79. The van der Waals surface area contributed by atoms with Crippen molar-refractivity contribution in [2.24, 2.45) is 0 Å². The van der Waals surface area contributed by atoms with Crippen molar-refractivity contribution in [1.29, 1.82) is 0 Å². The minimum Gasteiger partial charge on any atom is -0.324 e. The number of carbonyl (C=O) groups is 2. The van der Waals surface area contributed by atoms with Gasteiger partial charge >= 0.3 is 0 Å². The van der Waals surface area contributed by atoms with Crippen LogP contribution in [0.4, 0.5) is 14.5 Å². The molecule has 2 aromatic carbocycles. The maximum Gasteiger partial charge on any atom is 0.258 e. The number of carbonyl (C=O) groups excluding carboxylic acids is 2. The van der Waals surface area contributed by atoms with E-state index >= 15 is 0 Å². The molecule has 136 valence electrons. The number of amides is 2. The van der Waals surface area contributed by atoms with Crippen LogP contribution in [0.15, 0.2) is 36.4 Å². The van der Waals surface area contributed by atoms with Gasteiger partial charge in [-0.15, -0.1) is 11.8 Å². The first-order valence-electron chi connectivity index (χ1n) is 8.10. The summed E-state index contributed by atoms with van der Waals surface area (Å²) < 4.78 is 27.4. The van der Waals surface area contributed by atoms with Crippen LogP contribution in [-0.4, -0.2) is 34.4 Å². The molecule has 0 aliphatic carbocycles. The zero-order valence-corrected chi connectivity index (χ0v) is 15.2. The normalized spacial score (nSPS) is 16.6. The Balaban J connectivity index is 1.81. The van der Waals surface area contributed by atoms with E-state index in [2.05, 4.69) is 5.32 Å². The lowest BCUT2D eigenvalue weighted by molar-refractivity contribution is -0.119. The van der Waals surface area contributed by atoms with Crippen molar-refractivity contribution in [3.8, 4) is 0 Å². The molecule has 0 radical (unpaired) electrons. The third-order valence-corrected chi connectivity index (χ3v) is 5.50. The van der Waals surface area contributed by atoms with Gasteiger partial charge in [-0.1, -0.05) is 18.2 Å². The number of halogens is 2. The van der Waals surface area contributed by atoms with Crippen molar-refractivity contribution >= 4 is 29.3 Å². The maximum atomic E-state index is 13.9. The molecule has 0 spiro atoms. The fraction of sp³-hybridized carbons (Fsp3) is 0.263. The molecule has 3 rings (SSSR count). The van der Waals surface area contributed by atoms with Crippen molar-refractivity contribution < 1.29 is 18.4 Å². The van der Waals surface area contributed by atoms with Crippen LogP contribution in [-0.2, 0) is 4.79 Å². The lowest BCUT2D eigenvalue weighted by Gasteiger charge is -2.24. The number of benzene rings is 2. The van der Waals surface area contributed by atoms with Gasteiger partial charge in [0.05, 0.1) is 11.4 Å². The average molecular weight is 376 g/mol. The Kier molecular flexibility index (Phi) is 5.27. The monoisotopic (exact) mass is 376 g/mol. The fourth-order valence-corrected chi connectivity index (χ4v) is 3.94. The van der Waals surface area contributed by atoms with Crippen LogP contribution in [0.5, 0.6) is 0 Å². The summed E-state index contributed by atoms with van der Waals surface area (Å²) >= 11 is 1.40. The molecule has 4 nitrogen and oxygen atoms in total. The highest BCUT2D eigenvalue weighted by Crippen LogP contribution is 2.26. The summed E-state index contributed by atoms with van der Waals surface area (Å²) in [5.74, 6) is -2.65. The highest BCUT2D eigenvalue weighted by atomic mass is 32.2. The summed E-state index contributed by atoms with van der Waals surface area (Å²) in [5.41, 5.74) is 2.30. The molecule has 7 heteroatoms. The van der Waals surface area contributed by atoms with Gasteiger partial charge in [0.2, 0.25) is 5.91 Å². The highest BCUT2D eigenvalue weighted by molar-refractivity contribution is 7.99. The van der Waals surface area contributed by atoms with Gasteiger partial charge in [0.25, 0.3) is 5.91 Å². The zero-order valence-electron chi connectivity index (χ0n) is 14.4. The topological polar surface area (TPSA) is 49.4 Å². The maximum absolute atomic E-state index is 13.9. The molecule has 0 saturated carbocycles. The van der Waals surface area contributed by atoms with Crippen LogP contribution in [0.3, 0.4) is 0 Å². The summed E-state index contributed by atoms with van der Waals surface area (Å²) in [6, 6.07) is 8.29. The van der Waals surface area contributed by atoms with Crippen molar-refractivity contribution in [2.75, 3.05) is 16.9 Å². The second-order valence-corrected chi connectivity index (χ2v) is 7.13. The first kappa shape index (κ1) is 18.4. The molecule has 2 aromatic rings. The Morgan fingerprint density at radius 1 is 1.15 bits per heavy atom. The van der Waals surface area contributed by atoms with Gasteiger partial charge in [-0.3, -0.25) is 9.59 Å². The second kappa shape index (κ2) is 7.45. The first-order chi connectivity index (χ1) is 12.4. The van der Waals surface area contributed by atoms with E-state index in [1.165, 1.54) is 28.8 Å². The summed E-state index contributed by atoms with van der Waals surface area (Å²) in [6.07, 6.45) is 0. The number of nitrogens with one attached hydrogen (secondary N) is 1. The van der Waals surface area contributed by atoms with Crippen molar-refractivity contribution in [2.45, 2.75) is 19.9 Å². The molecule has 1 unspecified atom stereocenters. The summed E-state index contributed by atoms with van der Waals surface area (Å²) in [4.78, 5) is 26.6. The Morgan fingerprint density at radius 3 is 2.65 bits per heavy atom. The molecule has 1 aliphatic rings. The Hall–Kier alpha value is -2.41. The minimum absolute atomic E-state index is 0.250. The van der Waals surface area contributed by atoms with E-state index in [0.717, 1.165) is 17.2 Å². The minimum atomic E-state index is -1.19. The molecule has 26 heavy (non-hydrogen) atoms. The van der Waals surface area contributed by atoms with Crippen molar-refractivity contribution in [3.63, 3.8) is 0 Å². The third kappa shape index (κ3) is 3.44. The van der Waals surface area contributed by atoms with Crippen LogP contribution < -0.4 is 5.32 Å². The standard InChI is InChI=1S/C19H18F2N2O2S/c1-11-5-3-8-15(12(11)2)22-18(24)16-9-26-10-23(16)19(25)13-6-4-7-14(20)17(13)21/h3-8,16H,9-10H2,1-2H3,(H,22,24). The van der Waals surface area contributed by atoms with E-state index in [-0.39, 0.29) is 17.3 Å². The molecule has 0 bridgehead atoms. The quantitative estimate of drug-likeness (QED) is 0.888. The predicted molar refractivity (Wildman–Crippen MR) is 98.2 cm³/mol. The van der Waals surface area contributed by atoms with E-state index in [4.69, 9.17) is 0 Å². The Labute approximate surface area is 154 Å². The number of anilines is 1. The van der Waals surface area contributed by atoms with E-state index in [0.29, 0.717) is 11.4 Å². The van der Waals surface area contributed by atoms with Crippen LogP contribution in [0, 0.1) is 25.5 Å². The first-order valence-corrected chi connectivity index (χ1v) is 9.25. The summed E-state index contributed by atoms with van der Waals surface area (Å²) in [5, 5.41) is 2.84. The van der Waals surface area contributed by atoms with E-state index < -0.39 is 23.6 Å². The number of hydrogen-bond acceptors (Lipinski definition) is 3. The molecule has 1 aliphatic heterocycles. The van der Waals surface area contributed by atoms with Crippen LogP contribution in [0.25, 0.3) is 0 Å². The molecule has 1 atom stereocenters. The highest BCUT2D eigenvalue weighted by Gasteiger charge is 2.36. The van der Waals surface area contributed by atoms with E-state index in [1.54, 1.807) is 6.07 Å².